The first-order chi connectivity index (χ1) is 18.4. The largest absolute Gasteiger partial charge is 0.493 e. The molecule has 2 fully saturated rings. The van der Waals surface area contributed by atoms with E-state index in [1.165, 1.54) is 5.56 Å². The Morgan fingerprint density at radius 1 is 1.05 bits per heavy atom. The number of nitrogens with zero attached hydrogens (tertiary/aromatic N) is 5. The van der Waals surface area contributed by atoms with Crippen molar-refractivity contribution in [2.45, 2.75) is 25.3 Å². The van der Waals surface area contributed by atoms with E-state index < -0.39 is 0 Å². The van der Waals surface area contributed by atoms with Gasteiger partial charge in [0.2, 0.25) is 0 Å². The van der Waals surface area contributed by atoms with Crippen molar-refractivity contribution in [1.82, 2.24) is 14.7 Å². The number of benzene rings is 2. The van der Waals surface area contributed by atoms with E-state index >= 15 is 0 Å². The summed E-state index contributed by atoms with van der Waals surface area (Å²) in [5.74, 6) is 1.70. The minimum absolute atomic E-state index is 0.200. The fraction of sp³-hybridized carbons (Fsp3) is 0.483. The average Bonchev–Trinajstić information content (AvgIpc) is 2.93. The van der Waals surface area contributed by atoms with E-state index in [0.29, 0.717) is 23.8 Å². The number of carbonyl (C=O) groups is 1. The molecule has 2 unspecified atom stereocenters. The molecule has 3 heterocycles. The Hall–Kier alpha value is -3.43. The first-order valence-electron chi connectivity index (χ1n) is 13.4. The van der Waals surface area contributed by atoms with Gasteiger partial charge in [-0.3, -0.25) is 9.79 Å². The summed E-state index contributed by atoms with van der Waals surface area (Å²) < 4.78 is 11.6. The molecular formula is C29H38N6O3. The molecule has 3 aliphatic heterocycles. The first-order valence-corrected chi connectivity index (χ1v) is 13.4. The molecule has 0 spiro atoms. The predicted octanol–water partition coefficient (Wildman–Crippen LogP) is 2.43. The lowest BCUT2D eigenvalue weighted by Gasteiger charge is -2.39. The third kappa shape index (κ3) is 5.26. The highest BCUT2D eigenvalue weighted by atomic mass is 16.5. The van der Waals surface area contributed by atoms with Gasteiger partial charge in [0.25, 0.3) is 5.91 Å². The molecular weight excluding hydrogens is 480 g/mol. The zero-order chi connectivity index (χ0) is 26.8. The van der Waals surface area contributed by atoms with Crippen molar-refractivity contribution in [1.29, 1.82) is 0 Å². The maximum Gasteiger partial charge on any atom is 0.280 e. The van der Waals surface area contributed by atoms with Gasteiger partial charge in [0.15, 0.2) is 17.5 Å². The second kappa shape index (κ2) is 11.1. The Morgan fingerprint density at radius 2 is 1.79 bits per heavy atom. The normalized spacial score (nSPS) is 22.4. The van der Waals surface area contributed by atoms with Crippen LogP contribution in [-0.4, -0.2) is 105 Å². The topological polar surface area (TPSA) is 96.0 Å². The SMILES string of the molecule is CCOc1cc2c(cc1OC)C(c1ccc(C(=O)N=C(N)N3CCN(C)CC3)cc1)=NC1CCN(C)CC21. The quantitative estimate of drug-likeness (QED) is 0.480. The lowest BCUT2D eigenvalue weighted by atomic mass is 9.79. The molecule has 1 amide bonds. The predicted molar refractivity (Wildman–Crippen MR) is 150 cm³/mol. The van der Waals surface area contributed by atoms with Crippen LogP contribution in [0.2, 0.25) is 0 Å². The summed E-state index contributed by atoms with van der Waals surface area (Å²) in [4.78, 5) is 28.9. The minimum Gasteiger partial charge on any atom is -0.493 e. The molecule has 0 bridgehead atoms. The number of aliphatic imine (C=N–C) groups is 2. The lowest BCUT2D eigenvalue weighted by Crippen LogP contribution is -2.50. The highest BCUT2D eigenvalue weighted by Gasteiger charge is 2.36. The molecule has 2 saturated heterocycles. The molecule has 0 radical (unpaired) electrons. The van der Waals surface area contributed by atoms with E-state index in [9.17, 15) is 4.79 Å². The molecule has 9 heteroatoms. The summed E-state index contributed by atoms with van der Waals surface area (Å²) >= 11 is 0. The Morgan fingerprint density at radius 3 is 2.47 bits per heavy atom. The Balaban J connectivity index is 1.44. The van der Waals surface area contributed by atoms with Crippen LogP contribution in [0.1, 0.15) is 46.3 Å². The highest BCUT2D eigenvalue weighted by molar-refractivity contribution is 6.15. The van der Waals surface area contributed by atoms with Gasteiger partial charge in [0, 0.05) is 55.3 Å². The Bertz CT molecular complexity index is 1230. The van der Waals surface area contributed by atoms with E-state index in [2.05, 4.69) is 35.0 Å². The van der Waals surface area contributed by atoms with Crippen LogP contribution in [0.5, 0.6) is 11.5 Å². The number of nitrogens with two attached hydrogens (primary N) is 1. The minimum atomic E-state index is -0.336. The average molecular weight is 519 g/mol. The number of methoxy groups -OCH3 is 1. The van der Waals surface area contributed by atoms with Crippen LogP contribution < -0.4 is 15.2 Å². The van der Waals surface area contributed by atoms with Crippen molar-refractivity contribution in [2.24, 2.45) is 15.7 Å². The van der Waals surface area contributed by atoms with E-state index in [0.717, 1.165) is 68.3 Å². The molecule has 2 N–H and O–H groups in total. The third-order valence-electron chi connectivity index (χ3n) is 7.81. The van der Waals surface area contributed by atoms with Crippen LogP contribution in [-0.2, 0) is 0 Å². The maximum absolute atomic E-state index is 12.9. The van der Waals surface area contributed by atoms with Gasteiger partial charge in [-0.05, 0) is 63.8 Å². The monoisotopic (exact) mass is 518 g/mol. The molecule has 38 heavy (non-hydrogen) atoms. The van der Waals surface area contributed by atoms with E-state index in [-0.39, 0.29) is 17.9 Å². The molecule has 0 saturated carbocycles. The van der Waals surface area contributed by atoms with Crippen LogP contribution in [0.3, 0.4) is 0 Å². The van der Waals surface area contributed by atoms with Gasteiger partial charge < -0.3 is 29.9 Å². The van der Waals surface area contributed by atoms with Gasteiger partial charge in [-0.2, -0.15) is 4.99 Å². The first kappa shape index (κ1) is 26.2. The van der Waals surface area contributed by atoms with Crippen LogP contribution in [0.15, 0.2) is 46.4 Å². The fourth-order valence-electron chi connectivity index (χ4n) is 5.59. The van der Waals surface area contributed by atoms with Crippen molar-refractivity contribution in [2.75, 3.05) is 67.1 Å². The zero-order valence-corrected chi connectivity index (χ0v) is 22.8. The molecule has 0 aliphatic carbocycles. The number of likely N-dealkylation sites (tertiary alicyclic amines) is 1. The van der Waals surface area contributed by atoms with Gasteiger partial charge in [-0.25, -0.2) is 0 Å². The summed E-state index contributed by atoms with van der Waals surface area (Å²) in [7, 11) is 5.90. The number of hydrogen-bond donors (Lipinski definition) is 1. The molecule has 9 nitrogen and oxygen atoms in total. The smallest absolute Gasteiger partial charge is 0.280 e. The van der Waals surface area contributed by atoms with Crippen LogP contribution in [0.25, 0.3) is 0 Å². The number of amides is 1. The van der Waals surface area contributed by atoms with Gasteiger partial charge >= 0.3 is 0 Å². The number of guanidine groups is 1. The molecule has 202 valence electrons. The molecule has 2 atom stereocenters. The number of likely N-dealkylation sites (N-methyl/N-ethyl adjacent to an activating group) is 2. The summed E-state index contributed by atoms with van der Waals surface area (Å²) in [6, 6.07) is 11.9. The van der Waals surface area contributed by atoms with Crippen molar-refractivity contribution in [3.63, 3.8) is 0 Å². The van der Waals surface area contributed by atoms with E-state index in [4.69, 9.17) is 20.2 Å². The number of rotatable bonds is 5. The van der Waals surface area contributed by atoms with Crippen molar-refractivity contribution < 1.29 is 14.3 Å². The second-order valence-electron chi connectivity index (χ2n) is 10.4. The number of fused-ring (bicyclic) bond motifs is 3. The molecule has 0 aromatic heterocycles. The summed E-state index contributed by atoms with van der Waals surface area (Å²) in [6.45, 7) is 7.85. The molecule has 3 aliphatic rings. The van der Waals surface area contributed by atoms with Crippen LogP contribution in [0, 0.1) is 0 Å². The number of ether oxygens (including phenoxy) is 2. The van der Waals surface area contributed by atoms with Gasteiger partial charge in [0.05, 0.1) is 25.5 Å². The lowest BCUT2D eigenvalue weighted by molar-refractivity contribution is 0.1000. The van der Waals surface area contributed by atoms with Crippen molar-refractivity contribution >= 4 is 17.6 Å². The summed E-state index contributed by atoms with van der Waals surface area (Å²) in [5.41, 5.74) is 10.8. The number of carbonyl (C=O) groups excluding carboxylic acids is 1. The second-order valence-corrected chi connectivity index (χ2v) is 10.4. The summed E-state index contributed by atoms with van der Waals surface area (Å²) in [5, 5.41) is 0. The molecule has 2 aromatic rings. The number of piperidine rings is 1. The van der Waals surface area contributed by atoms with E-state index in [1.807, 2.05) is 42.2 Å². The fourth-order valence-corrected chi connectivity index (χ4v) is 5.59. The number of hydrogen-bond acceptors (Lipinski definition) is 6. The van der Waals surface area contributed by atoms with Gasteiger partial charge in [0.1, 0.15) is 0 Å². The van der Waals surface area contributed by atoms with Crippen molar-refractivity contribution in [3.05, 3.63) is 58.7 Å². The van der Waals surface area contributed by atoms with Crippen molar-refractivity contribution in [3.8, 4) is 11.5 Å². The summed E-state index contributed by atoms with van der Waals surface area (Å²) in [6.07, 6.45) is 0.997. The zero-order valence-electron chi connectivity index (χ0n) is 22.8. The molecule has 5 rings (SSSR count). The third-order valence-corrected chi connectivity index (χ3v) is 7.81. The highest BCUT2D eigenvalue weighted by Crippen LogP contribution is 2.42. The van der Waals surface area contributed by atoms with Crippen LogP contribution >= 0.6 is 0 Å². The Labute approximate surface area is 224 Å². The molecule has 2 aromatic carbocycles. The van der Waals surface area contributed by atoms with E-state index in [1.54, 1.807) is 7.11 Å². The standard InChI is InChI=1S/C29H38N6O3/c1-5-38-26-16-21-22(17-25(26)37-4)27(31-24-10-11-34(3)18-23(21)24)19-6-8-20(9-7-19)28(36)32-29(30)35-14-12-33(2)13-15-35/h6-9,16-17,23-24H,5,10-15,18H2,1-4H3,(H2,30,32,36). The maximum atomic E-state index is 12.9. The Kier molecular flexibility index (Phi) is 7.67. The van der Waals surface area contributed by atoms with Crippen LogP contribution in [0.4, 0.5) is 0 Å². The van der Waals surface area contributed by atoms with Gasteiger partial charge in [-0.15, -0.1) is 0 Å². The number of piperazine rings is 1. The van der Waals surface area contributed by atoms with Gasteiger partial charge in [-0.1, -0.05) is 12.1 Å².